The summed E-state index contributed by atoms with van der Waals surface area (Å²) in [6.07, 6.45) is 5.28. The van der Waals surface area contributed by atoms with E-state index >= 15 is 0 Å². The Morgan fingerprint density at radius 2 is 1.79 bits per heavy atom. The lowest BCUT2D eigenvalue weighted by Gasteiger charge is -2.09. The number of fused-ring (bicyclic) bond motifs is 2. The molecule has 0 bridgehead atoms. The van der Waals surface area contributed by atoms with Gasteiger partial charge in [-0.05, 0) is 67.6 Å². The SMILES string of the molecule is CCNC(=O)Nc1cccc(NC(=O)Cc2coc3cc4c(cc23)CCC4)c1. The summed E-state index contributed by atoms with van der Waals surface area (Å²) in [6.45, 7) is 2.40. The van der Waals surface area contributed by atoms with Crippen LogP contribution in [-0.4, -0.2) is 18.5 Å². The second-order valence-electron chi connectivity index (χ2n) is 7.02. The van der Waals surface area contributed by atoms with Gasteiger partial charge in [0.2, 0.25) is 5.91 Å². The minimum Gasteiger partial charge on any atom is -0.464 e. The molecule has 1 aromatic heterocycles. The largest absolute Gasteiger partial charge is 0.464 e. The number of carbonyl (C=O) groups excluding carboxylic acids is 2. The lowest BCUT2D eigenvalue weighted by Crippen LogP contribution is -2.28. The maximum Gasteiger partial charge on any atom is 0.319 e. The van der Waals surface area contributed by atoms with Crippen LogP contribution in [0.25, 0.3) is 11.0 Å². The van der Waals surface area contributed by atoms with E-state index in [2.05, 4.69) is 28.1 Å². The van der Waals surface area contributed by atoms with Crippen LogP contribution in [0.5, 0.6) is 0 Å². The maximum absolute atomic E-state index is 12.5. The second-order valence-corrected chi connectivity index (χ2v) is 7.02. The zero-order chi connectivity index (χ0) is 19.5. The highest BCUT2D eigenvalue weighted by Gasteiger charge is 2.17. The van der Waals surface area contributed by atoms with Gasteiger partial charge in [-0.3, -0.25) is 4.79 Å². The molecule has 0 saturated carbocycles. The Kier molecular flexibility index (Phi) is 5.02. The van der Waals surface area contributed by atoms with Crippen LogP contribution in [0.15, 0.2) is 47.1 Å². The molecule has 0 unspecified atom stereocenters. The van der Waals surface area contributed by atoms with Crippen molar-refractivity contribution in [3.63, 3.8) is 0 Å². The minimum absolute atomic E-state index is 0.127. The van der Waals surface area contributed by atoms with Gasteiger partial charge in [-0.1, -0.05) is 6.07 Å². The Hall–Kier alpha value is -3.28. The van der Waals surface area contributed by atoms with E-state index < -0.39 is 0 Å². The van der Waals surface area contributed by atoms with Crippen LogP contribution in [0.1, 0.15) is 30.0 Å². The van der Waals surface area contributed by atoms with E-state index in [9.17, 15) is 9.59 Å². The quantitative estimate of drug-likeness (QED) is 0.622. The molecule has 3 aromatic rings. The number of hydrogen-bond donors (Lipinski definition) is 3. The van der Waals surface area contributed by atoms with E-state index in [0.717, 1.165) is 29.4 Å². The molecule has 0 radical (unpaired) electrons. The Bertz CT molecular complexity index is 1040. The maximum atomic E-state index is 12.5. The third-order valence-corrected chi connectivity index (χ3v) is 4.96. The number of furan rings is 1. The molecular weight excluding hydrogens is 354 g/mol. The van der Waals surface area contributed by atoms with Gasteiger partial charge in [0.05, 0.1) is 12.7 Å². The summed E-state index contributed by atoms with van der Waals surface area (Å²) < 4.78 is 5.68. The third-order valence-electron chi connectivity index (χ3n) is 4.96. The Balaban J connectivity index is 1.45. The molecule has 2 aromatic carbocycles. The molecule has 3 amide bonds. The summed E-state index contributed by atoms with van der Waals surface area (Å²) in [5, 5.41) is 9.31. The third kappa shape index (κ3) is 3.86. The molecule has 0 saturated heterocycles. The fourth-order valence-corrected chi connectivity index (χ4v) is 3.67. The molecule has 0 atom stereocenters. The smallest absolute Gasteiger partial charge is 0.319 e. The van der Waals surface area contributed by atoms with Crippen LogP contribution in [0.2, 0.25) is 0 Å². The van der Waals surface area contributed by atoms with Gasteiger partial charge < -0.3 is 20.4 Å². The van der Waals surface area contributed by atoms with Crippen molar-refractivity contribution >= 4 is 34.3 Å². The molecule has 28 heavy (non-hydrogen) atoms. The van der Waals surface area contributed by atoms with E-state index in [0.29, 0.717) is 17.9 Å². The summed E-state index contributed by atoms with van der Waals surface area (Å²) in [7, 11) is 0. The fraction of sp³-hybridized carbons (Fsp3) is 0.273. The van der Waals surface area contributed by atoms with Crippen LogP contribution >= 0.6 is 0 Å². The molecule has 6 heteroatoms. The Morgan fingerprint density at radius 3 is 2.57 bits per heavy atom. The minimum atomic E-state index is -0.275. The normalized spacial score (nSPS) is 12.6. The first kappa shape index (κ1) is 18.1. The monoisotopic (exact) mass is 377 g/mol. The van der Waals surface area contributed by atoms with E-state index in [4.69, 9.17) is 4.42 Å². The van der Waals surface area contributed by atoms with Gasteiger partial charge in [0.1, 0.15) is 5.58 Å². The van der Waals surface area contributed by atoms with E-state index in [-0.39, 0.29) is 18.4 Å². The van der Waals surface area contributed by atoms with Gasteiger partial charge in [0.25, 0.3) is 0 Å². The highest BCUT2D eigenvalue weighted by Crippen LogP contribution is 2.30. The number of anilines is 2. The fourth-order valence-electron chi connectivity index (χ4n) is 3.67. The van der Waals surface area contributed by atoms with Crippen molar-refractivity contribution in [1.29, 1.82) is 0 Å². The first-order chi connectivity index (χ1) is 13.6. The molecule has 0 spiro atoms. The number of nitrogens with one attached hydrogen (secondary N) is 3. The Morgan fingerprint density at radius 1 is 1.04 bits per heavy atom. The van der Waals surface area contributed by atoms with Gasteiger partial charge in [-0.2, -0.15) is 0 Å². The first-order valence-corrected chi connectivity index (χ1v) is 9.59. The average Bonchev–Trinajstić information content (AvgIpc) is 3.27. The lowest BCUT2D eigenvalue weighted by atomic mass is 10.0. The number of benzene rings is 2. The second kappa shape index (κ2) is 7.76. The van der Waals surface area contributed by atoms with Crippen LogP contribution < -0.4 is 16.0 Å². The predicted molar refractivity (Wildman–Crippen MR) is 110 cm³/mol. The molecule has 0 fully saturated rings. The van der Waals surface area contributed by atoms with E-state index in [1.54, 1.807) is 30.5 Å². The van der Waals surface area contributed by atoms with Crippen molar-refractivity contribution in [2.45, 2.75) is 32.6 Å². The molecule has 0 aliphatic heterocycles. The van der Waals surface area contributed by atoms with E-state index in [1.165, 1.54) is 17.5 Å². The molecule has 1 aliphatic rings. The summed E-state index contributed by atoms with van der Waals surface area (Å²) in [5.74, 6) is -0.127. The van der Waals surface area contributed by atoms with Gasteiger partial charge in [0, 0.05) is 28.9 Å². The first-order valence-electron chi connectivity index (χ1n) is 9.59. The van der Waals surface area contributed by atoms with Crippen molar-refractivity contribution in [1.82, 2.24) is 5.32 Å². The Labute approximate surface area is 163 Å². The van der Waals surface area contributed by atoms with Gasteiger partial charge >= 0.3 is 6.03 Å². The van der Waals surface area contributed by atoms with Gasteiger partial charge in [-0.15, -0.1) is 0 Å². The molecule has 6 nitrogen and oxygen atoms in total. The summed E-state index contributed by atoms with van der Waals surface area (Å²) in [6, 6.07) is 11.1. The van der Waals surface area contributed by atoms with Crippen molar-refractivity contribution in [2.24, 2.45) is 0 Å². The molecule has 1 aliphatic carbocycles. The molecule has 4 rings (SSSR count). The molecule has 3 N–H and O–H groups in total. The summed E-state index contributed by atoms with van der Waals surface area (Å²) in [4.78, 5) is 24.2. The zero-order valence-corrected chi connectivity index (χ0v) is 15.8. The number of amides is 3. The number of hydrogen-bond acceptors (Lipinski definition) is 3. The lowest BCUT2D eigenvalue weighted by molar-refractivity contribution is -0.115. The molecular formula is C22H23N3O3. The zero-order valence-electron chi connectivity index (χ0n) is 15.8. The van der Waals surface area contributed by atoms with Gasteiger partial charge in [-0.25, -0.2) is 4.79 Å². The standard InChI is InChI=1S/C22H23N3O3/c1-2-23-22(27)25-18-8-4-7-17(12-18)24-21(26)11-16-13-28-20-10-15-6-3-5-14(15)9-19(16)20/h4,7-10,12-13H,2-3,5-6,11H2,1H3,(H,24,26)(H2,23,25,27). The highest BCUT2D eigenvalue weighted by molar-refractivity contribution is 5.96. The highest BCUT2D eigenvalue weighted by atomic mass is 16.3. The average molecular weight is 377 g/mol. The van der Waals surface area contributed by atoms with Crippen LogP contribution in [0, 0.1) is 0 Å². The summed E-state index contributed by atoms with van der Waals surface area (Å²) in [5.41, 5.74) is 5.70. The molecule has 144 valence electrons. The number of carbonyl (C=O) groups is 2. The van der Waals surface area contributed by atoms with Crippen LogP contribution in [-0.2, 0) is 24.1 Å². The van der Waals surface area contributed by atoms with Crippen molar-refractivity contribution in [3.05, 3.63) is 59.4 Å². The van der Waals surface area contributed by atoms with E-state index in [1.807, 2.05) is 6.92 Å². The van der Waals surface area contributed by atoms with Gasteiger partial charge in [0.15, 0.2) is 0 Å². The van der Waals surface area contributed by atoms with Crippen LogP contribution in [0.4, 0.5) is 16.2 Å². The van der Waals surface area contributed by atoms with Crippen LogP contribution in [0.3, 0.4) is 0 Å². The molecule has 1 heterocycles. The number of aryl methyl sites for hydroxylation is 2. The number of rotatable bonds is 5. The van der Waals surface area contributed by atoms with Crippen molar-refractivity contribution in [2.75, 3.05) is 17.2 Å². The summed E-state index contributed by atoms with van der Waals surface area (Å²) >= 11 is 0. The predicted octanol–water partition coefficient (Wildman–Crippen LogP) is 4.24. The van der Waals surface area contributed by atoms with Crippen molar-refractivity contribution < 1.29 is 14.0 Å². The number of urea groups is 1. The topological polar surface area (TPSA) is 83.4 Å². The van der Waals surface area contributed by atoms with Crippen molar-refractivity contribution in [3.8, 4) is 0 Å².